The van der Waals surface area contributed by atoms with Crippen LogP contribution < -0.4 is 10.1 Å². The van der Waals surface area contributed by atoms with Gasteiger partial charge in [0, 0.05) is 6.54 Å². The number of hydrogen-bond acceptors (Lipinski definition) is 2. The van der Waals surface area contributed by atoms with E-state index in [-0.39, 0.29) is 5.91 Å². The first kappa shape index (κ1) is 16.6. The molecule has 3 nitrogen and oxygen atoms in total. The zero-order chi connectivity index (χ0) is 16.0. The number of amides is 1. The van der Waals surface area contributed by atoms with E-state index in [9.17, 15) is 4.79 Å². The van der Waals surface area contributed by atoms with Crippen molar-refractivity contribution in [2.75, 3.05) is 13.7 Å². The van der Waals surface area contributed by atoms with Gasteiger partial charge in [-0.2, -0.15) is 0 Å². The molecule has 22 heavy (non-hydrogen) atoms. The summed E-state index contributed by atoms with van der Waals surface area (Å²) in [6, 6.07) is 7.72. The third kappa shape index (κ3) is 4.12. The quantitative estimate of drug-likeness (QED) is 0.807. The molecular weight excluding hydrogens is 274 g/mol. The zero-order valence-electron chi connectivity index (χ0n) is 13.9. The second-order valence-electron chi connectivity index (χ2n) is 6.47. The highest BCUT2D eigenvalue weighted by atomic mass is 16.5. The summed E-state index contributed by atoms with van der Waals surface area (Å²) in [7, 11) is 1.65. The molecule has 0 radical (unpaired) electrons. The van der Waals surface area contributed by atoms with Crippen LogP contribution in [0.25, 0.3) is 0 Å². The van der Waals surface area contributed by atoms with E-state index < -0.39 is 5.41 Å². The molecule has 0 fully saturated rings. The fourth-order valence-corrected chi connectivity index (χ4v) is 2.83. The standard InChI is InChI=1S/C19H27NO2/c1-19(2,16-9-11-17(22-3)12-10-16)18(21)20-14-13-15-7-5-4-6-8-15/h7,9-12H,4-6,8,13-14H2,1-3H3,(H,20,21). The van der Waals surface area contributed by atoms with Gasteiger partial charge in [0.05, 0.1) is 12.5 Å². The van der Waals surface area contributed by atoms with E-state index >= 15 is 0 Å². The minimum atomic E-state index is -0.535. The lowest BCUT2D eigenvalue weighted by Crippen LogP contribution is -2.40. The highest BCUT2D eigenvalue weighted by Crippen LogP contribution is 2.26. The molecule has 1 N–H and O–H groups in total. The highest BCUT2D eigenvalue weighted by Gasteiger charge is 2.29. The zero-order valence-corrected chi connectivity index (χ0v) is 13.9. The van der Waals surface area contributed by atoms with Gasteiger partial charge < -0.3 is 10.1 Å². The monoisotopic (exact) mass is 301 g/mol. The van der Waals surface area contributed by atoms with Gasteiger partial charge in [0.25, 0.3) is 0 Å². The lowest BCUT2D eigenvalue weighted by molar-refractivity contribution is -0.125. The van der Waals surface area contributed by atoms with E-state index in [1.54, 1.807) is 7.11 Å². The van der Waals surface area contributed by atoms with E-state index in [1.165, 1.54) is 31.3 Å². The minimum absolute atomic E-state index is 0.0778. The Morgan fingerprint density at radius 3 is 2.55 bits per heavy atom. The Kier molecular flexibility index (Phi) is 5.64. The number of methoxy groups -OCH3 is 1. The van der Waals surface area contributed by atoms with Crippen LogP contribution in [0.15, 0.2) is 35.9 Å². The van der Waals surface area contributed by atoms with E-state index in [4.69, 9.17) is 4.74 Å². The molecule has 0 atom stereocenters. The van der Waals surface area contributed by atoms with Crippen LogP contribution in [0.3, 0.4) is 0 Å². The molecule has 0 bridgehead atoms. The molecule has 0 saturated carbocycles. The molecule has 1 amide bonds. The van der Waals surface area contributed by atoms with E-state index in [1.807, 2.05) is 38.1 Å². The number of carbonyl (C=O) groups excluding carboxylic acids is 1. The Morgan fingerprint density at radius 2 is 1.95 bits per heavy atom. The molecule has 0 unspecified atom stereocenters. The number of allylic oxidation sites excluding steroid dienone is 1. The molecule has 3 heteroatoms. The fourth-order valence-electron chi connectivity index (χ4n) is 2.83. The summed E-state index contributed by atoms with van der Waals surface area (Å²) in [5.41, 5.74) is 1.96. The van der Waals surface area contributed by atoms with Gasteiger partial charge in [-0.1, -0.05) is 23.8 Å². The summed E-state index contributed by atoms with van der Waals surface area (Å²) >= 11 is 0. The smallest absolute Gasteiger partial charge is 0.230 e. The number of hydrogen-bond donors (Lipinski definition) is 1. The highest BCUT2D eigenvalue weighted by molar-refractivity contribution is 5.87. The van der Waals surface area contributed by atoms with Crippen molar-refractivity contribution in [1.82, 2.24) is 5.32 Å². The van der Waals surface area contributed by atoms with Crippen LogP contribution in [0, 0.1) is 0 Å². The van der Waals surface area contributed by atoms with Gasteiger partial charge in [0.1, 0.15) is 5.75 Å². The van der Waals surface area contributed by atoms with E-state index in [0.29, 0.717) is 0 Å². The van der Waals surface area contributed by atoms with Gasteiger partial charge in [-0.3, -0.25) is 4.79 Å². The van der Waals surface area contributed by atoms with E-state index in [0.717, 1.165) is 24.3 Å². The first-order valence-electron chi connectivity index (χ1n) is 8.15. The summed E-state index contributed by atoms with van der Waals surface area (Å²) in [4.78, 5) is 12.5. The van der Waals surface area contributed by atoms with Crippen LogP contribution in [0.1, 0.15) is 51.5 Å². The number of carbonyl (C=O) groups is 1. The van der Waals surface area contributed by atoms with Crippen LogP contribution in [0.5, 0.6) is 5.75 Å². The maximum Gasteiger partial charge on any atom is 0.230 e. The molecule has 0 spiro atoms. The Labute approximate surface area is 133 Å². The Morgan fingerprint density at radius 1 is 1.23 bits per heavy atom. The van der Waals surface area contributed by atoms with Crippen LogP contribution in [-0.4, -0.2) is 19.6 Å². The molecule has 1 aliphatic rings. The lowest BCUT2D eigenvalue weighted by atomic mass is 9.83. The average molecular weight is 301 g/mol. The molecule has 0 saturated heterocycles. The normalized spacial score (nSPS) is 15.1. The summed E-state index contributed by atoms with van der Waals surface area (Å²) in [6.07, 6.45) is 8.30. The third-order valence-electron chi connectivity index (χ3n) is 4.50. The molecule has 120 valence electrons. The number of rotatable bonds is 6. The van der Waals surface area contributed by atoms with Crippen molar-refractivity contribution in [3.05, 3.63) is 41.5 Å². The van der Waals surface area contributed by atoms with Crippen molar-refractivity contribution in [1.29, 1.82) is 0 Å². The second kappa shape index (κ2) is 7.48. The van der Waals surface area contributed by atoms with Gasteiger partial charge in [-0.15, -0.1) is 0 Å². The van der Waals surface area contributed by atoms with E-state index in [2.05, 4.69) is 11.4 Å². The predicted molar refractivity (Wildman–Crippen MR) is 90.2 cm³/mol. The maximum absolute atomic E-state index is 12.5. The summed E-state index contributed by atoms with van der Waals surface area (Å²) in [6.45, 7) is 4.65. The van der Waals surface area contributed by atoms with Crippen molar-refractivity contribution >= 4 is 5.91 Å². The van der Waals surface area contributed by atoms with Crippen LogP contribution in [-0.2, 0) is 10.2 Å². The Bertz CT molecular complexity index is 529. The Hall–Kier alpha value is -1.77. The molecule has 0 aromatic heterocycles. The SMILES string of the molecule is COc1ccc(C(C)(C)C(=O)NCCC2=CCCCC2)cc1. The number of benzene rings is 1. The predicted octanol–water partition coefficient (Wildman–Crippen LogP) is 3.98. The lowest BCUT2D eigenvalue weighted by Gasteiger charge is -2.24. The van der Waals surface area contributed by atoms with Crippen LogP contribution >= 0.6 is 0 Å². The van der Waals surface area contributed by atoms with Crippen molar-refractivity contribution in [3.8, 4) is 5.75 Å². The van der Waals surface area contributed by atoms with Crippen LogP contribution in [0.2, 0.25) is 0 Å². The fraction of sp³-hybridized carbons (Fsp3) is 0.526. The molecule has 0 heterocycles. The molecule has 1 aromatic rings. The second-order valence-corrected chi connectivity index (χ2v) is 6.47. The number of nitrogens with one attached hydrogen (secondary N) is 1. The van der Waals surface area contributed by atoms with Crippen LogP contribution in [0.4, 0.5) is 0 Å². The summed E-state index contributed by atoms with van der Waals surface area (Å²) < 4.78 is 5.17. The summed E-state index contributed by atoms with van der Waals surface area (Å²) in [5.74, 6) is 0.887. The van der Waals surface area contributed by atoms with Gasteiger partial charge >= 0.3 is 0 Å². The maximum atomic E-state index is 12.5. The average Bonchev–Trinajstić information content (AvgIpc) is 2.55. The molecule has 1 aromatic carbocycles. The molecular formula is C19H27NO2. The minimum Gasteiger partial charge on any atom is -0.497 e. The van der Waals surface area contributed by atoms with Crippen molar-refractivity contribution in [2.45, 2.75) is 51.4 Å². The molecule has 2 rings (SSSR count). The summed E-state index contributed by atoms with van der Waals surface area (Å²) in [5, 5.41) is 3.09. The Balaban J connectivity index is 1.90. The molecule has 0 aliphatic heterocycles. The first-order chi connectivity index (χ1) is 10.5. The van der Waals surface area contributed by atoms with Crippen molar-refractivity contribution < 1.29 is 9.53 Å². The third-order valence-corrected chi connectivity index (χ3v) is 4.50. The first-order valence-corrected chi connectivity index (χ1v) is 8.15. The van der Waals surface area contributed by atoms with Gasteiger partial charge in [-0.25, -0.2) is 0 Å². The van der Waals surface area contributed by atoms with Crippen molar-refractivity contribution in [3.63, 3.8) is 0 Å². The van der Waals surface area contributed by atoms with Gasteiger partial charge in [0.2, 0.25) is 5.91 Å². The van der Waals surface area contributed by atoms with Crippen molar-refractivity contribution in [2.24, 2.45) is 0 Å². The van der Waals surface area contributed by atoms with Gasteiger partial charge in [-0.05, 0) is 63.6 Å². The topological polar surface area (TPSA) is 38.3 Å². The van der Waals surface area contributed by atoms with Gasteiger partial charge in [0.15, 0.2) is 0 Å². The molecule has 1 aliphatic carbocycles. The number of ether oxygens (including phenoxy) is 1. The largest absolute Gasteiger partial charge is 0.497 e.